The Kier molecular flexibility index (Phi) is 5.30. The molecule has 3 aromatic carbocycles. The summed E-state index contributed by atoms with van der Waals surface area (Å²) in [5, 5.41) is 0.718. The topological polar surface area (TPSA) is 43.9 Å². The molecule has 0 radical (unpaired) electrons. The van der Waals surface area contributed by atoms with E-state index in [1.807, 2.05) is 64.4 Å². The van der Waals surface area contributed by atoms with Crippen molar-refractivity contribution in [2.75, 3.05) is 37.6 Å². The standard InChI is InChI=1S/C28H26ClN3O2/c29-20-7-5-8-21(18-20)30-14-16-31(17-15-30)28(34)25-23-10-3-4-11-24(23)27(33)32-13-12-19-6-1-2-9-22(19)26(25)32/h1-11,18,25-26H,12-17H2/t25-,26+/m1/s1. The van der Waals surface area contributed by atoms with Crippen LogP contribution in [0.4, 0.5) is 5.69 Å². The zero-order valence-electron chi connectivity index (χ0n) is 18.9. The van der Waals surface area contributed by atoms with E-state index in [-0.39, 0.29) is 17.9 Å². The number of rotatable bonds is 2. The summed E-state index contributed by atoms with van der Waals surface area (Å²) in [6.45, 7) is 3.44. The van der Waals surface area contributed by atoms with Crippen molar-refractivity contribution in [3.63, 3.8) is 0 Å². The Morgan fingerprint density at radius 2 is 1.56 bits per heavy atom. The van der Waals surface area contributed by atoms with Crippen molar-refractivity contribution in [1.82, 2.24) is 9.80 Å². The van der Waals surface area contributed by atoms with Crippen molar-refractivity contribution in [2.45, 2.75) is 18.4 Å². The molecule has 6 heteroatoms. The van der Waals surface area contributed by atoms with Crippen LogP contribution in [0, 0.1) is 0 Å². The summed E-state index contributed by atoms with van der Waals surface area (Å²) < 4.78 is 0. The Morgan fingerprint density at radius 1 is 0.824 bits per heavy atom. The third kappa shape index (κ3) is 3.46. The van der Waals surface area contributed by atoms with Gasteiger partial charge >= 0.3 is 0 Å². The van der Waals surface area contributed by atoms with E-state index < -0.39 is 5.92 Å². The van der Waals surface area contributed by atoms with E-state index in [1.165, 1.54) is 5.56 Å². The SMILES string of the molecule is O=C([C@@H]1c2ccccc2C(=O)N2CCc3ccccc3[C@@H]12)N1CCN(c2cccc(Cl)c2)CC1. The lowest BCUT2D eigenvalue weighted by atomic mass is 9.75. The molecule has 1 saturated heterocycles. The minimum atomic E-state index is -0.395. The summed E-state index contributed by atoms with van der Waals surface area (Å²) in [6, 6.07) is 23.5. The summed E-state index contributed by atoms with van der Waals surface area (Å²) in [7, 11) is 0. The second-order valence-electron chi connectivity index (χ2n) is 9.25. The van der Waals surface area contributed by atoms with Crippen LogP contribution in [0.1, 0.15) is 39.0 Å². The zero-order valence-corrected chi connectivity index (χ0v) is 19.6. The first-order chi connectivity index (χ1) is 16.6. The third-order valence-electron chi connectivity index (χ3n) is 7.47. The first-order valence-corrected chi connectivity index (χ1v) is 12.3. The van der Waals surface area contributed by atoms with Gasteiger partial charge in [-0.15, -0.1) is 0 Å². The first kappa shape index (κ1) is 21.2. The normalized spacial score (nSPS) is 21.6. The average molecular weight is 472 g/mol. The van der Waals surface area contributed by atoms with E-state index in [4.69, 9.17) is 11.6 Å². The molecule has 0 aromatic heterocycles. The van der Waals surface area contributed by atoms with Crippen LogP contribution in [-0.2, 0) is 11.2 Å². The molecular formula is C28H26ClN3O2. The highest BCUT2D eigenvalue weighted by molar-refractivity contribution is 6.30. The van der Waals surface area contributed by atoms with Crippen molar-refractivity contribution in [3.05, 3.63) is 100 Å². The van der Waals surface area contributed by atoms with E-state index in [9.17, 15) is 9.59 Å². The fraction of sp³-hybridized carbons (Fsp3) is 0.286. The fourth-order valence-electron chi connectivity index (χ4n) is 5.80. The molecule has 5 nitrogen and oxygen atoms in total. The molecule has 6 rings (SSSR count). The van der Waals surface area contributed by atoms with E-state index in [2.05, 4.69) is 23.1 Å². The Balaban J connectivity index is 1.33. The van der Waals surface area contributed by atoms with Gasteiger partial charge in [0.25, 0.3) is 5.91 Å². The minimum Gasteiger partial charge on any atom is -0.368 e. The molecule has 3 aromatic rings. The highest BCUT2D eigenvalue weighted by Crippen LogP contribution is 2.46. The van der Waals surface area contributed by atoms with Gasteiger partial charge in [-0.3, -0.25) is 9.59 Å². The Labute approximate surface area is 204 Å². The number of carbonyl (C=O) groups is 2. The van der Waals surface area contributed by atoms with Gasteiger partial charge in [-0.1, -0.05) is 60.1 Å². The summed E-state index contributed by atoms with van der Waals surface area (Å²) in [5.74, 6) is -0.254. The van der Waals surface area contributed by atoms with E-state index >= 15 is 0 Å². The molecule has 3 aliphatic heterocycles. The van der Waals surface area contributed by atoms with Crippen LogP contribution in [0.3, 0.4) is 0 Å². The predicted molar refractivity (Wildman–Crippen MR) is 133 cm³/mol. The lowest BCUT2D eigenvalue weighted by Crippen LogP contribution is -2.54. The van der Waals surface area contributed by atoms with E-state index in [0.717, 1.165) is 41.3 Å². The van der Waals surface area contributed by atoms with Crippen molar-refractivity contribution in [3.8, 4) is 0 Å². The zero-order chi connectivity index (χ0) is 23.2. The second-order valence-corrected chi connectivity index (χ2v) is 9.69. The van der Waals surface area contributed by atoms with Gasteiger partial charge < -0.3 is 14.7 Å². The number of carbonyl (C=O) groups excluding carboxylic acids is 2. The van der Waals surface area contributed by atoms with Crippen LogP contribution in [0.5, 0.6) is 0 Å². The molecule has 1 fully saturated rings. The lowest BCUT2D eigenvalue weighted by molar-refractivity contribution is -0.135. The maximum atomic E-state index is 14.1. The third-order valence-corrected chi connectivity index (χ3v) is 7.70. The van der Waals surface area contributed by atoms with Gasteiger partial charge in [0.2, 0.25) is 5.91 Å². The Hall–Kier alpha value is -3.31. The maximum absolute atomic E-state index is 14.1. The van der Waals surface area contributed by atoms with E-state index in [1.54, 1.807) is 0 Å². The minimum absolute atomic E-state index is 0.0323. The van der Waals surface area contributed by atoms with Crippen LogP contribution < -0.4 is 4.90 Å². The first-order valence-electron chi connectivity index (χ1n) is 11.9. The van der Waals surface area contributed by atoms with Gasteiger partial charge in [-0.05, 0) is 47.4 Å². The molecule has 0 N–H and O–H groups in total. The largest absolute Gasteiger partial charge is 0.368 e. The molecule has 0 saturated carbocycles. The molecule has 34 heavy (non-hydrogen) atoms. The average Bonchev–Trinajstić information content (AvgIpc) is 2.89. The molecule has 0 spiro atoms. The van der Waals surface area contributed by atoms with Crippen molar-refractivity contribution < 1.29 is 9.59 Å². The molecule has 3 aliphatic rings. The van der Waals surface area contributed by atoms with Crippen LogP contribution in [-0.4, -0.2) is 54.3 Å². The molecule has 0 aliphatic carbocycles. The molecule has 2 atom stereocenters. The number of amides is 2. The van der Waals surface area contributed by atoms with Gasteiger partial charge in [0.1, 0.15) is 0 Å². The summed E-state index contributed by atoms with van der Waals surface area (Å²) in [6.07, 6.45) is 0.819. The maximum Gasteiger partial charge on any atom is 0.254 e. The van der Waals surface area contributed by atoms with Crippen molar-refractivity contribution >= 4 is 29.1 Å². The molecule has 0 bridgehead atoms. The summed E-state index contributed by atoms with van der Waals surface area (Å²) >= 11 is 6.19. The second kappa shape index (κ2) is 8.48. The van der Waals surface area contributed by atoms with E-state index in [0.29, 0.717) is 25.2 Å². The number of halogens is 1. The predicted octanol–water partition coefficient (Wildman–Crippen LogP) is 4.53. The number of benzene rings is 3. The summed E-state index contributed by atoms with van der Waals surface area (Å²) in [5.41, 5.74) is 4.94. The molecule has 172 valence electrons. The summed E-state index contributed by atoms with van der Waals surface area (Å²) in [4.78, 5) is 33.7. The lowest BCUT2D eigenvalue weighted by Gasteiger charge is -2.47. The highest BCUT2D eigenvalue weighted by Gasteiger charge is 2.47. The van der Waals surface area contributed by atoms with Gasteiger partial charge in [-0.25, -0.2) is 0 Å². The Morgan fingerprint density at radius 3 is 2.35 bits per heavy atom. The Bertz CT molecular complexity index is 1270. The van der Waals surface area contributed by atoms with Gasteiger partial charge in [0.15, 0.2) is 0 Å². The number of hydrogen-bond donors (Lipinski definition) is 0. The number of nitrogens with zero attached hydrogens (tertiary/aromatic N) is 3. The quantitative estimate of drug-likeness (QED) is 0.551. The monoisotopic (exact) mass is 471 g/mol. The molecule has 3 heterocycles. The molecular weight excluding hydrogens is 446 g/mol. The number of piperazine rings is 1. The molecule has 2 amide bonds. The number of hydrogen-bond acceptors (Lipinski definition) is 3. The highest BCUT2D eigenvalue weighted by atomic mass is 35.5. The van der Waals surface area contributed by atoms with Crippen LogP contribution >= 0.6 is 11.6 Å². The molecule has 0 unspecified atom stereocenters. The smallest absolute Gasteiger partial charge is 0.254 e. The van der Waals surface area contributed by atoms with Gasteiger partial charge in [0, 0.05) is 49.0 Å². The number of anilines is 1. The van der Waals surface area contributed by atoms with Crippen LogP contribution in [0.2, 0.25) is 5.02 Å². The number of fused-ring (bicyclic) bond motifs is 4. The van der Waals surface area contributed by atoms with Crippen molar-refractivity contribution in [1.29, 1.82) is 0 Å². The van der Waals surface area contributed by atoms with Crippen LogP contribution in [0.15, 0.2) is 72.8 Å². The van der Waals surface area contributed by atoms with Gasteiger partial charge in [0.05, 0.1) is 12.0 Å². The fourth-order valence-corrected chi connectivity index (χ4v) is 5.98. The van der Waals surface area contributed by atoms with Crippen molar-refractivity contribution in [2.24, 2.45) is 0 Å². The van der Waals surface area contributed by atoms with Crippen LogP contribution in [0.25, 0.3) is 0 Å². The van der Waals surface area contributed by atoms with Gasteiger partial charge in [-0.2, -0.15) is 0 Å².